The largest absolute Gasteiger partial charge is 0.381 e. The van der Waals surface area contributed by atoms with Gasteiger partial charge in [-0.3, -0.25) is 4.90 Å². The second-order valence-electron chi connectivity index (χ2n) is 5.91. The van der Waals surface area contributed by atoms with Crippen LogP contribution in [0.5, 0.6) is 0 Å². The maximum absolute atomic E-state index is 6.50. The quantitative estimate of drug-likeness (QED) is 0.765. The van der Waals surface area contributed by atoms with Crippen molar-refractivity contribution in [3.05, 3.63) is 0 Å². The van der Waals surface area contributed by atoms with Crippen molar-refractivity contribution in [3.63, 3.8) is 0 Å². The number of rotatable bonds is 2. The van der Waals surface area contributed by atoms with Crippen LogP contribution in [-0.2, 0) is 4.74 Å². The van der Waals surface area contributed by atoms with Crippen LogP contribution >= 0.6 is 0 Å². The molecule has 0 spiro atoms. The summed E-state index contributed by atoms with van der Waals surface area (Å²) in [4.78, 5) is 5.01. The molecule has 2 aliphatic rings. The summed E-state index contributed by atoms with van der Waals surface area (Å²) in [6.07, 6.45) is 3.27. The van der Waals surface area contributed by atoms with Gasteiger partial charge in [0.2, 0.25) is 0 Å². The van der Waals surface area contributed by atoms with Gasteiger partial charge in [-0.25, -0.2) is 0 Å². The van der Waals surface area contributed by atoms with Crippen molar-refractivity contribution in [3.8, 4) is 0 Å². The lowest BCUT2D eigenvalue weighted by Crippen LogP contribution is -2.55. The smallest absolute Gasteiger partial charge is 0.0484 e. The van der Waals surface area contributed by atoms with Crippen LogP contribution in [0.4, 0.5) is 0 Å². The number of nitrogens with zero attached hydrogens (tertiary/aromatic N) is 2. The molecule has 2 aliphatic heterocycles. The van der Waals surface area contributed by atoms with E-state index in [4.69, 9.17) is 10.5 Å². The van der Waals surface area contributed by atoms with E-state index in [2.05, 4.69) is 23.8 Å². The summed E-state index contributed by atoms with van der Waals surface area (Å²) in [5, 5.41) is 0. The SMILES string of the molecule is CC1CN(C)CCCN1CC1(N)CCOCC1. The first-order valence-electron chi connectivity index (χ1n) is 6.88. The highest BCUT2D eigenvalue weighted by atomic mass is 16.5. The van der Waals surface area contributed by atoms with Gasteiger partial charge in [0.15, 0.2) is 0 Å². The Balaban J connectivity index is 1.92. The van der Waals surface area contributed by atoms with Crippen molar-refractivity contribution in [2.45, 2.75) is 37.8 Å². The fourth-order valence-corrected chi connectivity index (χ4v) is 3.00. The Labute approximate surface area is 105 Å². The summed E-state index contributed by atoms with van der Waals surface area (Å²) in [5.74, 6) is 0. The van der Waals surface area contributed by atoms with Gasteiger partial charge in [0.25, 0.3) is 0 Å². The lowest BCUT2D eigenvalue weighted by atomic mass is 9.90. The highest BCUT2D eigenvalue weighted by Gasteiger charge is 2.32. The van der Waals surface area contributed by atoms with Crippen molar-refractivity contribution in [2.75, 3.05) is 46.4 Å². The molecule has 4 nitrogen and oxygen atoms in total. The third kappa shape index (κ3) is 3.65. The highest BCUT2D eigenvalue weighted by molar-refractivity contribution is 4.91. The van der Waals surface area contributed by atoms with Gasteiger partial charge in [0, 0.05) is 37.9 Å². The second-order valence-corrected chi connectivity index (χ2v) is 5.91. The molecule has 2 rings (SSSR count). The van der Waals surface area contributed by atoms with E-state index in [1.54, 1.807) is 0 Å². The summed E-state index contributed by atoms with van der Waals surface area (Å²) in [6.45, 7) is 8.58. The molecule has 0 bridgehead atoms. The monoisotopic (exact) mass is 241 g/mol. The fourth-order valence-electron chi connectivity index (χ4n) is 3.00. The molecule has 0 aromatic heterocycles. The molecule has 0 aliphatic carbocycles. The van der Waals surface area contributed by atoms with Crippen molar-refractivity contribution >= 4 is 0 Å². The zero-order valence-corrected chi connectivity index (χ0v) is 11.3. The van der Waals surface area contributed by atoms with E-state index in [9.17, 15) is 0 Å². The molecule has 100 valence electrons. The second kappa shape index (κ2) is 5.65. The van der Waals surface area contributed by atoms with Gasteiger partial charge in [0.1, 0.15) is 0 Å². The summed E-state index contributed by atoms with van der Waals surface area (Å²) in [6, 6.07) is 0.616. The molecule has 1 atom stereocenters. The number of hydrogen-bond donors (Lipinski definition) is 1. The Bertz CT molecular complexity index is 241. The van der Waals surface area contributed by atoms with E-state index in [1.807, 2.05) is 0 Å². The van der Waals surface area contributed by atoms with E-state index >= 15 is 0 Å². The average Bonchev–Trinajstić information content (AvgIpc) is 2.42. The van der Waals surface area contributed by atoms with Crippen LogP contribution in [0, 0.1) is 0 Å². The Morgan fingerprint density at radius 2 is 2.00 bits per heavy atom. The number of ether oxygens (including phenoxy) is 1. The van der Waals surface area contributed by atoms with Crippen molar-refractivity contribution in [1.29, 1.82) is 0 Å². The molecule has 2 heterocycles. The van der Waals surface area contributed by atoms with E-state index < -0.39 is 0 Å². The van der Waals surface area contributed by atoms with Crippen LogP contribution < -0.4 is 5.73 Å². The molecule has 0 saturated carbocycles. The van der Waals surface area contributed by atoms with Crippen LogP contribution in [0.1, 0.15) is 26.2 Å². The minimum Gasteiger partial charge on any atom is -0.381 e. The first-order valence-corrected chi connectivity index (χ1v) is 6.88. The summed E-state index contributed by atoms with van der Waals surface area (Å²) in [7, 11) is 2.21. The predicted molar refractivity (Wildman–Crippen MR) is 70.1 cm³/mol. The van der Waals surface area contributed by atoms with Gasteiger partial charge < -0.3 is 15.4 Å². The Kier molecular flexibility index (Phi) is 4.42. The number of nitrogens with two attached hydrogens (primary N) is 1. The van der Waals surface area contributed by atoms with Gasteiger partial charge in [-0.15, -0.1) is 0 Å². The molecule has 4 heteroatoms. The van der Waals surface area contributed by atoms with Crippen LogP contribution in [-0.4, -0.2) is 67.8 Å². The van der Waals surface area contributed by atoms with Gasteiger partial charge in [0.05, 0.1) is 0 Å². The van der Waals surface area contributed by atoms with Gasteiger partial charge in [-0.1, -0.05) is 0 Å². The van der Waals surface area contributed by atoms with Crippen LogP contribution in [0.15, 0.2) is 0 Å². The Morgan fingerprint density at radius 1 is 1.29 bits per heavy atom. The molecule has 2 fully saturated rings. The number of likely N-dealkylation sites (N-methyl/N-ethyl adjacent to an activating group) is 1. The maximum atomic E-state index is 6.50. The fraction of sp³-hybridized carbons (Fsp3) is 1.00. The van der Waals surface area contributed by atoms with Crippen LogP contribution in [0.3, 0.4) is 0 Å². The predicted octanol–water partition coefficient (Wildman–Crippen LogP) is 0.520. The molecule has 0 radical (unpaired) electrons. The minimum absolute atomic E-state index is 0.0184. The first-order chi connectivity index (χ1) is 8.09. The van der Waals surface area contributed by atoms with E-state index in [1.165, 1.54) is 19.5 Å². The zero-order chi connectivity index (χ0) is 12.3. The summed E-state index contributed by atoms with van der Waals surface area (Å²) >= 11 is 0. The van der Waals surface area contributed by atoms with Crippen LogP contribution in [0.2, 0.25) is 0 Å². The molecule has 0 aromatic rings. The topological polar surface area (TPSA) is 41.7 Å². The zero-order valence-electron chi connectivity index (χ0n) is 11.3. The molecule has 1 unspecified atom stereocenters. The van der Waals surface area contributed by atoms with Gasteiger partial charge in [-0.05, 0) is 46.3 Å². The Morgan fingerprint density at radius 3 is 2.71 bits per heavy atom. The Hall–Kier alpha value is -0.160. The molecular weight excluding hydrogens is 214 g/mol. The van der Waals surface area contributed by atoms with Crippen molar-refractivity contribution in [1.82, 2.24) is 9.80 Å². The maximum Gasteiger partial charge on any atom is 0.0484 e. The lowest BCUT2D eigenvalue weighted by molar-refractivity contribution is 0.0320. The third-order valence-corrected chi connectivity index (χ3v) is 4.19. The lowest BCUT2D eigenvalue weighted by Gasteiger charge is -2.40. The normalized spacial score (nSPS) is 32.3. The highest BCUT2D eigenvalue weighted by Crippen LogP contribution is 2.21. The average molecular weight is 241 g/mol. The van der Waals surface area contributed by atoms with E-state index in [0.29, 0.717) is 6.04 Å². The van der Waals surface area contributed by atoms with E-state index in [-0.39, 0.29) is 5.54 Å². The molecule has 0 amide bonds. The minimum atomic E-state index is -0.0184. The molecule has 2 N–H and O–H groups in total. The standard InChI is InChI=1S/C13H27N3O/c1-12-10-15(2)6-3-7-16(12)11-13(14)4-8-17-9-5-13/h12H,3-11,14H2,1-2H3. The van der Waals surface area contributed by atoms with Gasteiger partial charge in [-0.2, -0.15) is 0 Å². The van der Waals surface area contributed by atoms with Gasteiger partial charge >= 0.3 is 0 Å². The van der Waals surface area contributed by atoms with Crippen molar-refractivity contribution in [2.24, 2.45) is 5.73 Å². The first kappa shape index (κ1) is 13.3. The third-order valence-electron chi connectivity index (χ3n) is 4.19. The summed E-state index contributed by atoms with van der Waals surface area (Å²) in [5.41, 5.74) is 6.48. The van der Waals surface area contributed by atoms with Crippen LogP contribution in [0.25, 0.3) is 0 Å². The van der Waals surface area contributed by atoms with Crippen molar-refractivity contribution < 1.29 is 4.74 Å². The van der Waals surface area contributed by atoms with E-state index in [0.717, 1.165) is 39.1 Å². The molecular formula is C13H27N3O. The molecule has 17 heavy (non-hydrogen) atoms. The summed E-state index contributed by atoms with van der Waals surface area (Å²) < 4.78 is 5.42. The molecule has 2 saturated heterocycles. The number of hydrogen-bond acceptors (Lipinski definition) is 4. The molecule has 0 aromatic carbocycles.